The van der Waals surface area contributed by atoms with Gasteiger partial charge in [-0.05, 0) is 47.6 Å². The fourth-order valence-electron chi connectivity index (χ4n) is 2.12. The van der Waals surface area contributed by atoms with Crippen LogP contribution >= 0.6 is 11.3 Å². The van der Waals surface area contributed by atoms with Gasteiger partial charge >= 0.3 is 0 Å². The second kappa shape index (κ2) is 5.65. The second-order valence-corrected chi connectivity index (χ2v) is 6.10. The largest absolute Gasteiger partial charge is 0.327 e. The summed E-state index contributed by atoms with van der Waals surface area (Å²) >= 11 is 1.82. The van der Waals surface area contributed by atoms with Crippen molar-refractivity contribution in [2.75, 3.05) is 0 Å². The van der Waals surface area contributed by atoms with Crippen LogP contribution in [0.2, 0.25) is 0 Å². The molecule has 0 amide bonds. The molecule has 92 valence electrons. The van der Waals surface area contributed by atoms with Gasteiger partial charge in [0.05, 0.1) is 0 Å². The average molecular weight is 247 g/mol. The highest BCUT2D eigenvalue weighted by atomic mass is 32.1. The van der Waals surface area contributed by atoms with Crippen LogP contribution in [0.3, 0.4) is 0 Å². The molecule has 1 unspecified atom stereocenters. The highest BCUT2D eigenvalue weighted by Gasteiger charge is 2.09. The Balaban J connectivity index is 2.03. The predicted octanol–water partition coefficient (Wildman–Crippen LogP) is 4.21. The molecule has 0 aliphatic rings. The van der Waals surface area contributed by atoms with Crippen LogP contribution in [0, 0.1) is 5.92 Å². The molecule has 2 heteroatoms. The number of nitrogens with two attached hydrogens (primary N) is 1. The summed E-state index contributed by atoms with van der Waals surface area (Å²) in [5, 5.41) is 3.65. The Morgan fingerprint density at radius 2 is 1.94 bits per heavy atom. The summed E-state index contributed by atoms with van der Waals surface area (Å²) in [5.74, 6) is 0.750. The van der Waals surface area contributed by atoms with Crippen molar-refractivity contribution in [3.63, 3.8) is 0 Å². The molecule has 0 aliphatic heterocycles. The van der Waals surface area contributed by atoms with Crippen molar-refractivity contribution in [2.45, 2.75) is 39.2 Å². The van der Waals surface area contributed by atoms with Crippen LogP contribution < -0.4 is 5.73 Å². The molecule has 2 aromatic rings. The van der Waals surface area contributed by atoms with Gasteiger partial charge < -0.3 is 5.73 Å². The first-order valence-electron chi connectivity index (χ1n) is 6.37. The zero-order valence-electron chi connectivity index (χ0n) is 10.6. The van der Waals surface area contributed by atoms with Gasteiger partial charge in [-0.1, -0.05) is 32.0 Å². The van der Waals surface area contributed by atoms with Gasteiger partial charge in [0, 0.05) is 10.7 Å². The summed E-state index contributed by atoms with van der Waals surface area (Å²) in [6.07, 6.45) is 3.36. The molecule has 0 saturated carbocycles. The second-order valence-electron chi connectivity index (χ2n) is 5.19. The van der Waals surface area contributed by atoms with Crippen LogP contribution in [-0.4, -0.2) is 6.04 Å². The third-order valence-electron chi connectivity index (χ3n) is 3.16. The summed E-state index contributed by atoms with van der Waals surface area (Å²) in [7, 11) is 0. The number of rotatable bonds is 5. The maximum Gasteiger partial charge on any atom is 0.0345 e. The van der Waals surface area contributed by atoms with E-state index in [1.54, 1.807) is 0 Å². The SMILES string of the molecule is CC(C)CCC(N)Cc1csc2ccccc12. The molecule has 1 atom stereocenters. The van der Waals surface area contributed by atoms with Crippen molar-refractivity contribution < 1.29 is 0 Å². The Morgan fingerprint density at radius 1 is 1.18 bits per heavy atom. The van der Waals surface area contributed by atoms with Crippen molar-refractivity contribution in [2.24, 2.45) is 11.7 Å². The minimum Gasteiger partial charge on any atom is -0.327 e. The van der Waals surface area contributed by atoms with E-state index in [4.69, 9.17) is 5.73 Å². The summed E-state index contributed by atoms with van der Waals surface area (Å²) in [6, 6.07) is 8.90. The van der Waals surface area contributed by atoms with E-state index in [0.29, 0.717) is 6.04 Å². The fraction of sp³-hybridized carbons (Fsp3) is 0.467. The Kier molecular flexibility index (Phi) is 4.19. The van der Waals surface area contributed by atoms with E-state index in [0.717, 1.165) is 18.8 Å². The van der Waals surface area contributed by atoms with E-state index >= 15 is 0 Å². The lowest BCUT2D eigenvalue weighted by Gasteiger charge is -2.12. The summed E-state index contributed by atoms with van der Waals surface area (Å²) < 4.78 is 1.37. The lowest BCUT2D eigenvalue weighted by molar-refractivity contribution is 0.495. The zero-order chi connectivity index (χ0) is 12.3. The first-order chi connectivity index (χ1) is 8.16. The summed E-state index contributed by atoms with van der Waals surface area (Å²) in [4.78, 5) is 0. The Hall–Kier alpha value is -0.860. The molecule has 0 bridgehead atoms. The number of hydrogen-bond acceptors (Lipinski definition) is 2. The quantitative estimate of drug-likeness (QED) is 0.841. The molecule has 1 aromatic carbocycles. The van der Waals surface area contributed by atoms with Gasteiger partial charge in [-0.3, -0.25) is 0 Å². The molecule has 1 nitrogen and oxygen atoms in total. The average Bonchev–Trinajstić information content (AvgIpc) is 2.70. The van der Waals surface area contributed by atoms with Crippen LogP contribution in [0.5, 0.6) is 0 Å². The third-order valence-corrected chi connectivity index (χ3v) is 4.17. The van der Waals surface area contributed by atoms with Crippen molar-refractivity contribution in [1.29, 1.82) is 0 Å². The Morgan fingerprint density at radius 3 is 2.71 bits per heavy atom. The maximum absolute atomic E-state index is 6.21. The van der Waals surface area contributed by atoms with Crippen molar-refractivity contribution >= 4 is 21.4 Å². The molecule has 0 aliphatic carbocycles. The number of fused-ring (bicyclic) bond motifs is 1. The van der Waals surface area contributed by atoms with Gasteiger partial charge in [0.1, 0.15) is 0 Å². The Bertz CT molecular complexity index is 472. The van der Waals surface area contributed by atoms with E-state index in [2.05, 4.69) is 43.5 Å². The van der Waals surface area contributed by atoms with Gasteiger partial charge in [-0.2, -0.15) is 0 Å². The topological polar surface area (TPSA) is 26.0 Å². The van der Waals surface area contributed by atoms with Gasteiger partial charge in [0.15, 0.2) is 0 Å². The zero-order valence-corrected chi connectivity index (χ0v) is 11.5. The monoisotopic (exact) mass is 247 g/mol. The minimum atomic E-state index is 0.301. The van der Waals surface area contributed by atoms with Gasteiger partial charge in [0.2, 0.25) is 0 Å². The smallest absolute Gasteiger partial charge is 0.0345 e. The summed E-state index contributed by atoms with van der Waals surface area (Å²) in [5.41, 5.74) is 7.63. The van der Waals surface area contributed by atoms with Gasteiger partial charge in [-0.25, -0.2) is 0 Å². The first kappa shape index (κ1) is 12.6. The van der Waals surface area contributed by atoms with E-state index in [9.17, 15) is 0 Å². The molecule has 0 radical (unpaired) electrons. The van der Waals surface area contributed by atoms with E-state index in [-0.39, 0.29) is 0 Å². The normalized spacial score (nSPS) is 13.4. The number of thiophene rings is 1. The molecule has 0 spiro atoms. The van der Waals surface area contributed by atoms with Crippen LogP contribution in [0.25, 0.3) is 10.1 Å². The molecule has 0 saturated heterocycles. The standard InChI is InChI=1S/C15H21NS/c1-11(2)7-8-13(16)9-12-10-17-15-6-4-3-5-14(12)15/h3-6,10-11,13H,7-9,16H2,1-2H3. The third kappa shape index (κ3) is 3.30. The molecule has 1 heterocycles. The van der Waals surface area contributed by atoms with E-state index in [1.807, 2.05) is 11.3 Å². The molecular weight excluding hydrogens is 226 g/mol. The first-order valence-corrected chi connectivity index (χ1v) is 7.25. The van der Waals surface area contributed by atoms with Crippen LogP contribution in [0.15, 0.2) is 29.6 Å². The van der Waals surface area contributed by atoms with Gasteiger partial charge in [-0.15, -0.1) is 11.3 Å². The highest BCUT2D eigenvalue weighted by Crippen LogP contribution is 2.26. The molecule has 17 heavy (non-hydrogen) atoms. The molecule has 0 fully saturated rings. The Labute approximate surface area is 108 Å². The number of benzene rings is 1. The van der Waals surface area contributed by atoms with Crippen molar-refractivity contribution in [3.8, 4) is 0 Å². The number of hydrogen-bond donors (Lipinski definition) is 1. The van der Waals surface area contributed by atoms with Crippen LogP contribution in [0.4, 0.5) is 0 Å². The lowest BCUT2D eigenvalue weighted by Crippen LogP contribution is -2.23. The molecule has 1 aromatic heterocycles. The molecular formula is C15H21NS. The van der Waals surface area contributed by atoms with Crippen molar-refractivity contribution in [3.05, 3.63) is 35.2 Å². The van der Waals surface area contributed by atoms with E-state index in [1.165, 1.54) is 22.1 Å². The maximum atomic E-state index is 6.21. The van der Waals surface area contributed by atoms with Crippen LogP contribution in [-0.2, 0) is 6.42 Å². The molecule has 2 rings (SSSR count). The van der Waals surface area contributed by atoms with Crippen molar-refractivity contribution in [1.82, 2.24) is 0 Å². The summed E-state index contributed by atoms with van der Waals surface area (Å²) in [6.45, 7) is 4.51. The lowest BCUT2D eigenvalue weighted by atomic mass is 9.98. The van der Waals surface area contributed by atoms with Crippen LogP contribution in [0.1, 0.15) is 32.3 Å². The molecule has 2 N–H and O–H groups in total. The fourth-order valence-corrected chi connectivity index (χ4v) is 3.10. The predicted molar refractivity (Wildman–Crippen MR) is 77.6 cm³/mol. The highest BCUT2D eigenvalue weighted by molar-refractivity contribution is 7.17. The van der Waals surface area contributed by atoms with E-state index < -0.39 is 0 Å². The minimum absolute atomic E-state index is 0.301. The van der Waals surface area contributed by atoms with Gasteiger partial charge in [0.25, 0.3) is 0 Å².